The Morgan fingerprint density at radius 2 is 1.86 bits per heavy atom. The topological polar surface area (TPSA) is 61.7 Å². The van der Waals surface area contributed by atoms with Crippen molar-refractivity contribution in [2.24, 2.45) is 0 Å². The van der Waals surface area contributed by atoms with Gasteiger partial charge in [0.15, 0.2) is 0 Å². The molecule has 2 unspecified atom stereocenters. The fourth-order valence-electron chi connectivity index (χ4n) is 2.10. The van der Waals surface area contributed by atoms with Gasteiger partial charge in [-0.25, -0.2) is 4.39 Å². The van der Waals surface area contributed by atoms with Crippen LogP contribution in [0.25, 0.3) is 0 Å². The van der Waals surface area contributed by atoms with Crippen LogP contribution in [0.1, 0.15) is 17.2 Å². The van der Waals surface area contributed by atoms with E-state index in [1.54, 1.807) is 43.4 Å². The number of hydrogen-bond donors (Lipinski definition) is 3. The minimum absolute atomic E-state index is 0.266. The molecule has 2 aromatic rings. The molecule has 4 nitrogen and oxygen atoms in total. The lowest BCUT2D eigenvalue weighted by atomic mass is 10.0. The summed E-state index contributed by atoms with van der Waals surface area (Å²) in [6.45, 7) is 0.570. The molecule has 2 rings (SSSR count). The number of halogens is 1. The summed E-state index contributed by atoms with van der Waals surface area (Å²) >= 11 is 0. The second-order valence-electron chi connectivity index (χ2n) is 5.06. The van der Waals surface area contributed by atoms with Gasteiger partial charge in [-0.15, -0.1) is 0 Å². The normalized spacial score (nSPS) is 13.6. The van der Waals surface area contributed by atoms with Gasteiger partial charge in [-0.3, -0.25) is 0 Å². The molecule has 2 aromatic carbocycles. The number of hydrogen-bond acceptors (Lipinski definition) is 4. The maximum Gasteiger partial charge on any atom is 0.123 e. The lowest BCUT2D eigenvalue weighted by Crippen LogP contribution is -2.29. The van der Waals surface area contributed by atoms with E-state index < -0.39 is 12.2 Å². The predicted octanol–water partition coefficient (Wildman–Crippen LogP) is 2.02. The number of ether oxygens (including phenoxy) is 1. The Bertz CT molecular complexity index is 589. The molecular weight excluding hydrogens is 285 g/mol. The summed E-state index contributed by atoms with van der Waals surface area (Å²) in [6.07, 6.45) is -1.83. The minimum atomic E-state index is -0.954. The highest BCUT2D eigenvalue weighted by atomic mass is 19.1. The molecule has 0 aliphatic rings. The Labute approximate surface area is 129 Å². The van der Waals surface area contributed by atoms with Gasteiger partial charge in [0.2, 0.25) is 0 Å². The van der Waals surface area contributed by atoms with Gasteiger partial charge in [0.25, 0.3) is 0 Å². The van der Waals surface area contributed by atoms with Crippen LogP contribution in [0.5, 0.6) is 5.75 Å². The van der Waals surface area contributed by atoms with Crippen molar-refractivity contribution in [3.8, 4) is 5.75 Å². The number of aliphatic hydroxyl groups is 2. The van der Waals surface area contributed by atoms with Crippen LogP contribution in [0.4, 0.5) is 4.39 Å². The van der Waals surface area contributed by atoms with Gasteiger partial charge in [0.1, 0.15) is 24.3 Å². The molecule has 0 fully saturated rings. The van der Waals surface area contributed by atoms with Crippen molar-refractivity contribution >= 4 is 0 Å². The first-order chi connectivity index (χ1) is 10.6. The number of benzene rings is 2. The van der Waals surface area contributed by atoms with Crippen molar-refractivity contribution in [1.29, 1.82) is 0 Å². The zero-order valence-corrected chi connectivity index (χ0v) is 12.4. The van der Waals surface area contributed by atoms with Crippen LogP contribution in [-0.2, 0) is 6.61 Å². The summed E-state index contributed by atoms with van der Waals surface area (Å²) in [5.41, 5.74) is 1.36. The SMILES string of the molecule is CNCC(O)C(O)c1ccc(OCc2cccc(F)c2)cc1. The average molecular weight is 305 g/mol. The molecule has 0 aromatic heterocycles. The summed E-state index contributed by atoms with van der Waals surface area (Å²) in [5, 5.41) is 22.5. The minimum Gasteiger partial charge on any atom is -0.489 e. The fourth-order valence-corrected chi connectivity index (χ4v) is 2.10. The van der Waals surface area contributed by atoms with Gasteiger partial charge < -0.3 is 20.3 Å². The van der Waals surface area contributed by atoms with E-state index in [0.717, 1.165) is 5.56 Å². The first-order valence-corrected chi connectivity index (χ1v) is 7.08. The van der Waals surface area contributed by atoms with Crippen molar-refractivity contribution in [2.75, 3.05) is 13.6 Å². The van der Waals surface area contributed by atoms with E-state index in [1.165, 1.54) is 12.1 Å². The van der Waals surface area contributed by atoms with Crippen molar-refractivity contribution in [1.82, 2.24) is 5.32 Å². The Kier molecular flexibility index (Phi) is 5.89. The van der Waals surface area contributed by atoms with E-state index in [1.807, 2.05) is 0 Å². The van der Waals surface area contributed by atoms with Crippen LogP contribution in [0, 0.1) is 5.82 Å². The Morgan fingerprint density at radius 3 is 2.50 bits per heavy atom. The number of aliphatic hydroxyl groups excluding tert-OH is 2. The van der Waals surface area contributed by atoms with Crippen LogP contribution < -0.4 is 10.1 Å². The molecule has 0 spiro atoms. The fraction of sp³-hybridized carbons (Fsp3) is 0.294. The second-order valence-corrected chi connectivity index (χ2v) is 5.06. The predicted molar refractivity (Wildman–Crippen MR) is 82.1 cm³/mol. The average Bonchev–Trinajstić information content (AvgIpc) is 2.53. The van der Waals surface area contributed by atoms with E-state index in [4.69, 9.17) is 4.74 Å². The Morgan fingerprint density at radius 1 is 1.14 bits per heavy atom. The van der Waals surface area contributed by atoms with Gasteiger partial charge in [0, 0.05) is 6.54 Å². The molecule has 0 amide bonds. The van der Waals surface area contributed by atoms with Crippen LogP contribution in [0.3, 0.4) is 0 Å². The summed E-state index contributed by atoms with van der Waals surface area (Å²) in [7, 11) is 1.71. The van der Waals surface area contributed by atoms with Crippen molar-refractivity contribution in [3.05, 3.63) is 65.5 Å². The summed E-state index contributed by atoms with van der Waals surface area (Å²) in [4.78, 5) is 0. The van der Waals surface area contributed by atoms with Gasteiger partial charge in [-0.1, -0.05) is 24.3 Å². The molecule has 2 atom stereocenters. The molecule has 0 bridgehead atoms. The maximum atomic E-state index is 13.1. The van der Waals surface area contributed by atoms with Crippen LogP contribution in [0.15, 0.2) is 48.5 Å². The molecule has 0 aliphatic heterocycles. The van der Waals surface area contributed by atoms with Gasteiger partial charge in [-0.05, 0) is 42.4 Å². The summed E-state index contributed by atoms with van der Waals surface area (Å²) in [5.74, 6) is 0.321. The van der Waals surface area contributed by atoms with E-state index in [-0.39, 0.29) is 12.4 Å². The molecule has 3 N–H and O–H groups in total. The first kappa shape index (κ1) is 16.4. The Balaban J connectivity index is 1.94. The third-order valence-corrected chi connectivity index (χ3v) is 3.29. The molecule has 0 saturated carbocycles. The largest absolute Gasteiger partial charge is 0.489 e. The zero-order chi connectivity index (χ0) is 15.9. The van der Waals surface area contributed by atoms with Gasteiger partial charge in [0.05, 0.1) is 6.10 Å². The molecule has 0 heterocycles. The van der Waals surface area contributed by atoms with Crippen LogP contribution in [0.2, 0.25) is 0 Å². The van der Waals surface area contributed by atoms with Crippen LogP contribution >= 0.6 is 0 Å². The number of likely N-dealkylation sites (N-methyl/N-ethyl adjacent to an activating group) is 1. The third-order valence-electron chi connectivity index (χ3n) is 3.29. The molecule has 0 radical (unpaired) electrons. The zero-order valence-electron chi connectivity index (χ0n) is 12.4. The van der Waals surface area contributed by atoms with Crippen molar-refractivity contribution in [2.45, 2.75) is 18.8 Å². The standard InChI is InChI=1S/C17H20FNO3/c1-19-10-16(20)17(21)13-5-7-15(8-6-13)22-11-12-3-2-4-14(18)9-12/h2-9,16-17,19-21H,10-11H2,1H3. The highest BCUT2D eigenvalue weighted by molar-refractivity contribution is 5.29. The quantitative estimate of drug-likeness (QED) is 0.732. The number of nitrogens with one attached hydrogen (secondary N) is 1. The van der Waals surface area contributed by atoms with Crippen LogP contribution in [-0.4, -0.2) is 29.9 Å². The van der Waals surface area contributed by atoms with Gasteiger partial charge in [-0.2, -0.15) is 0 Å². The molecular formula is C17H20FNO3. The third kappa shape index (κ3) is 4.53. The highest BCUT2D eigenvalue weighted by Crippen LogP contribution is 2.21. The second kappa shape index (κ2) is 7.89. The van der Waals surface area contributed by atoms with E-state index in [9.17, 15) is 14.6 Å². The molecule has 22 heavy (non-hydrogen) atoms. The Hall–Kier alpha value is -1.95. The lowest BCUT2D eigenvalue weighted by molar-refractivity contribution is 0.0202. The maximum absolute atomic E-state index is 13.1. The highest BCUT2D eigenvalue weighted by Gasteiger charge is 2.17. The molecule has 0 saturated heterocycles. The summed E-state index contributed by atoms with van der Waals surface area (Å²) in [6, 6.07) is 13.1. The van der Waals surface area contributed by atoms with E-state index >= 15 is 0 Å². The van der Waals surface area contributed by atoms with E-state index in [0.29, 0.717) is 17.9 Å². The number of rotatable bonds is 7. The summed E-state index contributed by atoms with van der Waals surface area (Å²) < 4.78 is 18.6. The van der Waals surface area contributed by atoms with Crippen molar-refractivity contribution in [3.63, 3.8) is 0 Å². The monoisotopic (exact) mass is 305 g/mol. The van der Waals surface area contributed by atoms with E-state index in [2.05, 4.69) is 5.32 Å². The molecule has 118 valence electrons. The molecule has 0 aliphatic carbocycles. The lowest BCUT2D eigenvalue weighted by Gasteiger charge is -2.18. The van der Waals surface area contributed by atoms with Gasteiger partial charge >= 0.3 is 0 Å². The molecule has 5 heteroatoms. The smallest absolute Gasteiger partial charge is 0.123 e. The van der Waals surface area contributed by atoms with Crippen molar-refractivity contribution < 1.29 is 19.3 Å². The first-order valence-electron chi connectivity index (χ1n) is 7.08.